The van der Waals surface area contributed by atoms with E-state index in [2.05, 4.69) is 65.9 Å². The van der Waals surface area contributed by atoms with Crippen molar-refractivity contribution in [3.8, 4) is 11.1 Å². The summed E-state index contributed by atoms with van der Waals surface area (Å²) in [6, 6.07) is 43.6. The second-order valence-electron chi connectivity index (χ2n) is 28.6. The Hall–Kier alpha value is -7.47. The second kappa shape index (κ2) is 35.2. The largest absolute Gasteiger partial charge is 0.448 e. The molecule has 6 aromatic rings. The number of likely N-dealkylation sites (tertiary alicyclic amines) is 1. The number of carbonyl (C=O) groups excluding carboxylic acids is 7. The highest BCUT2D eigenvalue weighted by Gasteiger charge is 2.48. The first kappa shape index (κ1) is 75.7. The van der Waals surface area contributed by atoms with Crippen molar-refractivity contribution in [2.45, 2.75) is 180 Å². The summed E-state index contributed by atoms with van der Waals surface area (Å²) in [7, 11) is 0. The van der Waals surface area contributed by atoms with Crippen molar-refractivity contribution in [3.05, 3.63) is 199 Å². The van der Waals surface area contributed by atoms with Crippen molar-refractivity contribution in [1.29, 1.82) is 0 Å². The topological polar surface area (TPSA) is 187 Å². The molecule has 7 atom stereocenters. The number of rotatable bonds is 25. The molecule has 10 rings (SSSR count). The molecule has 20 heteroatoms. The van der Waals surface area contributed by atoms with Gasteiger partial charge in [0.1, 0.15) is 36.1 Å². The summed E-state index contributed by atoms with van der Waals surface area (Å²) in [5, 5.41) is 10.6. The lowest BCUT2D eigenvalue weighted by Crippen LogP contribution is -2.56. The van der Waals surface area contributed by atoms with Gasteiger partial charge in [-0.25, -0.2) is 9.59 Å². The number of hydrogen-bond acceptors (Lipinski definition) is 10. The molecule has 3 fully saturated rings. The zero-order valence-corrected chi connectivity index (χ0v) is 61.1. The Kier molecular flexibility index (Phi) is 26.9. The van der Waals surface area contributed by atoms with E-state index < -0.39 is 53.8 Å². The molecule has 6 amide bonds. The summed E-state index contributed by atoms with van der Waals surface area (Å²) in [4.78, 5) is 105. The van der Waals surface area contributed by atoms with E-state index in [1.54, 1.807) is 51.1 Å². The lowest BCUT2D eigenvalue weighted by Gasteiger charge is -2.35. The third kappa shape index (κ3) is 20.8. The zero-order chi connectivity index (χ0) is 71.1. The van der Waals surface area contributed by atoms with Crippen LogP contribution in [0.2, 0.25) is 20.1 Å². The first-order valence-corrected chi connectivity index (χ1v) is 36.3. The SMILES string of the molecule is CC(C)C[C@H](C(=O)NCc1ccc(Cl)c(Cl)c1)N(CCC(=O)CCc1ccccc1)C(=O)[C@@H]1C[C@@H](NC(=O)OC(C)(C)C)CN1C(=O)OCC1c2ccccc2-c2ccccc21.CC(C)C[C@H](C(=O)NCc1ccc(Cl)c(Cl)c1)N1CCC(CCc2ccccc2)N2C[C@H](C)C[C@H]2C1=O. The molecular formula is C79H95Cl4N7O9. The van der Waals surface area contributed by atoms with Crippen molar-refractivity contribution < 1.29 is 43.0 Å². The first-order valence-electron chi connectivity index (χ1n) is 34.8. The fourth-order valence-corrected chi connectivity index (χ4v) is 14.7. The van der Waals surface area contributed by atoms with E-state index in [4.69, 9.17) is 55.9 Å². The molecule has 528 valence electrons. The highest BCUT2D eigenvalue weighted by atomic mass is 35.5. The number of nitrogens with one attached hydrogen (secondary N) is 3. The molecule has 0 aromatic heterocycles. The number of nitrogens with zero attached hydrogens (tertiary/aromatic N) is 4. The van der Waals surface area contributed by atoms with E-state index in [9.17, 15) is 28.8 Å². The number of ether oxygens (including phenoxy) is 2. The van der Waals surface area contributed by atoms with Gasteiger partial charge in [-0.3, -0.25) is 33.8 Å². The average Bonchev–Trinajstić information content (AvgIpc) is 1.63. The number of Topliss-reactive ketones (excluding diaryl/α,β-unsaturated/α-hetero) is 1. The van der Waals surface area contributed by atoms with Crippen LogP contribution in [0.1, 0.15) is 146 Å². The molecule has 3 aliphatic heterocycles. The molecule has 1 aliphatic carbocycles. The number of alkyl carbamates (subject to hydrolysis) is 1. The lowest BCUT2D eigenvalue weighted by molar-refractivity contribution is -0.145. The summed E-state index contributed by atoms with van der Waals surface area (Å²) in [6.45, 7) is 17.5. The van der Waals surface area contributed by atoms with Crippen LogP contribution >= 0.6 is 46.4 Å². The van der Waals surface area contributed by atoms with Gasteiger partial charge >= 0.3 is 12.2 Å². The number of halogens is 4. The predicted octanol–water partition coefficient (Wildman–Crippen LogP) is 15.3. The summed E-state index contributed by atoms with van der Waals surface area (Å²) in [5.41, 5.74) is 7.36. The minimum atomic E-state index is -1.14. The highest BCUT2D eigenvalue weighted by molar-refractivity contribution is 6.42. The molecule has 4 aliphatic rings. The van der Waals surface area contributed by atoms with Gasteiger partial charge < -0.3 is 35.2 Å². The van der Waals surface area contributed by atoms with Crippen molar-refractivity contribution in [3.63, 3.8) is 0 Å². The Morgan fingerprint density at radius 1 is 0.636 bits per heavy atom. The van der Waals surface area contributed by atoms with Crippen LogP contribution in [0.15, 0.2) is 146 Å². The summed E-state index contributed by atoms with van der Waals surface area (Å²) >= 11 is 24.6. The van der Waals surface area contributed by atoms with Gasteiger partial charge in [-0.2, -0.15) is 0 Å². The fourth-order valence-electron chi connectivity index (χ4n) is 14.1. The Morgan fingerprint density at radius 2 is 1.19 bits per heavy atom. The van der Waals surface area contributed by atoms with Gasteiger partial charge in [-0.05, 0) is 159 Å². The summed E-state index contributed by atoms with van der Waals surface area (Å²) < 4.78 is 11.6. The minimum Gasteiger partial charge on any atom is -0.448 e. The van der Waals surface area contributed by atoms with Crippen molar-refractivity contribution in [2.24, 2.45) is 17.8 Å². The first-order chi connectivity index (χ1) is 47.3. The Bertz CT molecular complexity index is 3730. The van der Waals surface area contributed by atoms with Gasteiger partial charge in [0.05, 0.1) is 32.2 Å². The molecule has 0 bridgehead atoms. The van der Waals surface area contributed by atoms with Crippen LogP contribution in [0.25, 0.3) is 11.1 Å². The molecule has 0 spiro atoms. The van der Waals surface area contributed by atoms with E-state index in [1.165, 1.54) is 15.4 Å². The smallest absolute Gasteiger partial charge is 0.410 e. The molecule has 1 unspecified atom stereocenters. The fraction of sp³-hybridized carbons (Fsp3) is 0.456. The number of amides is 6. The van der Waals surface area contributed by atoms with Crippen molar-refractivity contribution in [2.75, 3.05) is 32.8 Å². The maximum Gasteiger partial charge on any atom is 0.410 e. The molecule has 99 heavy (non-hydrogen) atoms. The summed E-state index contributed by atoms with van der Waals surface area (Å²) in [6.07, 6.45) is 4.04. The van der Waals surface area contributed by atoms with E-state index in [0.717, 1.165) is 65.6 Å². The van der Waals surface area contributed by atoms with Crippen LogP contribution in [-0.2, 0) is 59.4 Å². The number of hydrogen-bond donors (Lipinski definition) is 3. The molecule has 3 saturated heterocycles. The van der Waals surface area contributed by atoms with E-state index in [-0.39, 0.29) is 93.3 Å². The number of carbonyl (C=O) groups is 7. The van der Waals surface area contributed by atoms with Crippen molar-refractivity contribution >= 4 is 88.0 Å². The molecule has 6 aromatic carbocycles. The predicted molar refractivity (Wildman–Crippen MR) is 392 cm³/mol. The van der Waals surface area contributed by atoms with E-state index >= 15 is 4.79 Å². The third-order valence-corrected chi connectivity index (χ3v) is 20.4. The van der Waals surface area contributed by atoms with Crippen molar-refractivity contribution in [1.82, 2.24) is 35.6 Å². The Labute approximate surface area is 604 Å². The maximum absolute atomic E-state index is 15.2. The van der Waals surface area contributed by atoms with Crippen LogP contribution in [-0.4, -0.2) is 136 Å². The number of ketones is 1. The van der Waals surface area contributed by atoms with Crippen LogP contribution in [0.3, 0.4) is 0 Å². The Morgan fingerprint density at radius 3 is 1.76 bits per heavy atom. The number of fused-ring (bicyclic) bond motifs is 4. The average molecular weight is 1430 g/mol. The Balaban J connectivity index is 0.000000263. The minimum absolute atomic E-state index is 0.00943. The van der Waals surface area contributed by atoms with Gasteiger partial charge in [0.15, 0.2) is 0 Å². The van der Waals surface area contributed by atoms with Crippen LogP contribution in [0, 0.1) is 17.8 Å². The molecule has 0 radical (unpaired) electrons. The van der Waals surface area contributed by atoms with E-state index in [1.807, 2.05) is 110 Å². The monoisotopic (exact) mass is 1430 g/mol. The molecule has 3 N–H and O–H groups in total. The number of aryl methyl sites for hydroxylation is 2. The lowest BCUT2D eigenvalue weighted by atomic mass is 9.98. The van der Waals surface area contributed by atoms with Crippen LogP contribution in [0.5, 0.6) is 0 Å². The molecule has 3 heterocycles. The standard InChI is InChI=1S/C49H56Cl2N4O7.C30H39Cl2N3O2/c1-31(2)25-43(45(57)52-28-33-20-22-41(50)42(51)26-33)54(24-23-35(56)21-19-32-13-7-6-8-14-32)46(58)44-27-34(53-47(59)62-49(3,4)5)29-55(44)48(60)61-30-40-38-17-11-9-15-36(38)37-16-10-12-18-39(37)40;1-20(2)15-27(29(36)33-18-23-10-12-25(31)26(32)17-23)34-14-13-24(11-9-22-7-5-4-6-8-22)35-19-21(3)16-28(35)30(34)37/h6-18,20,22,26,31,34,40,43-44H,19,21,23-25,27-30H2,1-5H3,(H,52,57)(H,53,59);4-8,10,12,17,20-21,24,27-28H,9,11,13-16,18-19H2,1-3H3,(H,33,36)/t34-,43-,44+;21-,24?,27-,28+/m11/s1. The normalized spacial score (nSPS) is 18.8. The summed E-state index contributed by atoms with van der Waals surface area (Å²) in [5.74, 6) is -0.535. The van der Waals surface area contributed by atoms with Gasteiger partial charge in [0.25, 0.3) is 0 Å². The van der Waals surface area contributed by atoms with Crippen LogP contribution < -0.4 is 16.0 Å². The molecule has 0 saturated carbocycles. The second-order valence-corrected chi connectivity index (χ2v) is 30.3. The maximum atomic E-state index is 15.2. The third-order valence-electron chi connectivity index (χ3n) is 18.9. The van der Waals surface area contributed by atoms with Gasteiger partial charge in [-0.1, -0.05) is 202 Å². The number of benzene rings is 6. The molecular weight excluding hydrogens is 1330 g/mol. The van der Waals surface area contributed by atoms with Gasteiger partial charge in [-0.15, -0.1) is 0 Å². The highest BCUT2D eigenvalue weighted by Crippen LogP contribution is 2.45. The zero-order valence-electron chi connectivity index (χ0n) is 58.1. The molecule has 16 nitrogen and oxygen atoms in total. The van der Waals surface area contributed by atoms with Gasteiger partial charge in [0.2, 0.25) is 23.6 Å². The quantitative estimate of drug-likeness (QED) is 0.0498. The van der Waals surface area contributed by atoms with Crippen LogP contribution in [0.4, 0.5) is 9.59 Å². The van der Waals surface area contributed by atoms with Gasteiger partial charge in [0, 0.05) is 64.1 Å². The van der Waals surface area contributed by atoms with E-state index in [0.29, 0.717) is 63.5 Å².